The topological polar surface area (TPSA) is 52.9 Å². The van der Waals surface area contributed by atoms with Gasteiger partial charge in [0.2, 0.25) is 5.91 Å². The van der Waals surface area contributed by atoms with E-state index in [9.17, 15) is 4.79 Å². The lowest BCUT2D eigenvalue weighted by Crippen LogP contribution is -2.41. The van der Waals surface area contributed by atoms with Crippen LogP contribution in [0.5, 0.6) is 0 Å². The Kier molecular flexibility index (Phi) is 6.07. The molecule has 6 heteroatoms. The van der Waals surface area contributed by atoms with E-state index in [1.807, 2.05) is 6.07 Å². The van der Waals surface area contributed by atoms with Gasteiger partial charge in [0, 0.05) is 31.7 Å². The molecule has 2 fully saturated rings. The molecule has 0 aliphatic carbocycles. The van der Waals surface area contributed by atoms with E-state index in [0.29, 0.717) is 0 Å². The minimum atomic E-state index is 0.120. The Morgan fingerprint density at radius 2 is 1.74 bits per heavy atom. The number of fused-ring (bicyclic) bond motifs is 3. The van der Waals surface area contributed by atoms with Gasteiger partial charge in [0.25, 0.3) is 0 Å². The largest absolute Gasteiger partial charge is 0.356 e. The quantitative estimate of drug-likeness (QED) is 0.619. The molecular weight excluding hydrogens is 386 g/mol. The van der Waals surface area contributed by atoms with Gasteiger partial charge in [-0.3, -0.25) is 4.79 Å². The van der Waals surface area contributed by atoms with Gasteiger partial charge in [-0.25, -0.2) is 4.98 Å². The molecule has 2 aromatic heterocycles. The number of piperidine rings is 2. The number of para-hydroxylation sites is 2. The van der Waals surface area contributed by atoms with Crippen molar-refractivity contribution in [2.75, 3.05) is 44.2 Å². The average molecular weight is 420 g/mol. The van der Waals surface area contributed by atoms with Crippen molar-refractivity contribution in [1.82, 2.24) is 19.6 Å². The summed E-state index contributed by atoms with van der Waals surface area (Å²) in [6.45, 7) is 6.11. The standard InChI is InChI=1S/C25H33N5O/c31-25(26-13-7-16-28-14-4-1-5-15-28)20-11-18-29(19-12-20)24-23-10-6-17-30(23)22-9-3-2-8-21(22)27-24/h2-3,6,8-10,17,20H,1,4-5,7,11-16,18-19H2,(H,26,31). The fraction of sp³-hybridized carbons (Fsp3) is 0.520. The van der Waals surface area contributed by atoms with Crippen molar-refractivity contribution in [3.63, 3.8) is 0 Å². The van der Waals surface area contributed by atoms with Gasteiger partial charge < -0.3 is 19.5 Å². The van der Waals surface area contributed by atoms with Crippen molar-refractivity contribution in [2.45, 2.75) is 38.5 Å². The fourth-order valence-electron chi connectivity index (χ4n) is 5.13. The van der Waals surface area contributed by atoms with E-state index in [4.69, 9.17) is 4.98 Å². The number of likely N-dealkylation sites (tertiary alicyclic amines) is 1. The molecular formula is C25H33N5O. The predicted octanol–water partition coefficient (Wildman–Crippen LogP) is 3.70. The first-order chi connectivity index (χ1) is 15.3. The van der Waals surface area contributed by atoms with Gasteiger partial charge in [0.05, 0.1) is 16.6 Å². The lowest BCUT2D eigenvalue weighted by atomic mass is 9.96. The van der Waals surface area contributed by atoms with E-state index in [1.54, 1.807) is 0 Å². The Morgan fingerprint density at radius 1 is 0.968 bits per heavy atom. The Labute approximate surface area is 184 Å². The number of hydrogen-bond donors (Lipinski definition) is 1. The zero-order chi connectivity index (χ0) is 21.0. The first-order valence-electron chi connectivity index (χ1n) is 11.9. The second-order valence-corrected chi connectivity index (χ2v) is 9.00. The molecule has 5 rings (SSSR count). The average Bonchev–Trinajstić information content (AvgIpc) is 3.32. The Morgan fingerprint density at radius 3 is 2.58 bits per heavy atom. The number of carbonyl (C=O) groups is 1. The second kappa shape index (κ2) is 9.27. The molecule has 4 heterocycles. The number of nitrogens with zero attached hydrogens (tertiary/aromatic N) is 4. The molecule has 31 heavy (non-hydrogen) atoms. The van der Waals surface area contributed by atoms with Gasteiger partial charge in [-0.15, -0.1) is 0 Å². The van der Waals surface area contributed by atoms with Gasteiger partial charge in [0.1, 0.15) is 0 Å². The summed E-state index contributed by atoms with van der Waals surface area (Å²) in [5, 5.41) is 3.19. The molecule has 1 aromatic carbocycles. The maximum atomic E-state index is 12.7. The SMILES string of the molecule is O=C(NCCCN1CCCCC1)C1CCN(c2nc3ccccc3n3cccc23)CC1. The summed E-state index contributed by atoms with van der Waals surface area (Å²) < 4.78 is 2.22. The van der Waals surface area contributed by atoms with Crippen LogP contribution in [0.4, 0.5) is 5.82 Å². The summed E-state index contributed by atoms with van der Waals surface area (Å²) in [6, 6.07) is 12.5. The number of amides is 1. The van der Waals surface area contributed by atoms with Crippen molar-refractivity contribution in [2.24, 2.45) is 5.92 Å². The van der Waals surface area contributed by atoms with E-state index in [2.05, 4.69) is 56.0 Å². The van der Waals surface area contributed by atoms with Crippen LogP contribution in [-0.2, 0) is 4.79 Å². The molecule has 0 spiro atoms. The first kappa shape index (κ1) is 20.3. The minimum Gasteiger partial charge on any atom is -0.356 e. The van der Waals surface area contributed by atoms with E-state index in [0.717, 1.165) is 67.8 Å². The first-order valence-corrected chi connectivity index (χ1v) is 11.9. The van der Waals surface area contributed by atoms with Crippen LogP contribution in [0.3, 0.4) is 0 Å². The predicted molar refractivity (Wildman–Crippen MR) is 126 cm³/mol. The monoisotopic (exact) mass is 419 g/mol. The fourth-order valence-corrected chi connectivity index (χ4v) is 5.13. The molecule has 0 radical (unpaired) electrons. The molecule has 2 saturated heterocycles. The van der Waals surface area contributed by atoms with Crippen LogP contribution in [0.15, 0.2) is 42.6 Å². The zero-order valence-electron chi connectivity index (χ0n) is 18.3. The number of nitrogens with one attached hydrogen (secondary N) is 1. The highest BCUT2D eigenvalue weighted by atomic mass is 16.1. The molecule has 2 aliphatic heterocycles. The molecule has 164 valence electrons. The Bertz CT molecular complexity index is 1030. The Hall–Kier alpha value is -2.60. The molecule has 0 saturated carbocycles. The summed E-state index contributed by atoms with van der Waals surface area (Å²) in [6.07, 6.45) is 8.96. The van der Waals surface area contributed by atoms with E-state index in [-0.39, 0.29) is 11.8 Å². The summed E-state index contributed by atoms with van der Waals surface area (Å²) in [4.78, 5) is 22.5. The normalized spacial score (nSPS) is 18.6. The van der Waals surface area contributed by atoms with Gasteiger partial charge in [-0.05, 0) is 76.0 Å². The van der Waals surface area contributed by atoms with Gasteiger partial charge >= 0.3 is 0 Å². The van der Waals surface area contributed by atoms with E-state index >= 15 is 0 Å². The number of hydrogen-bond acceptors (Lipinski definition) is 4. The number of aromatic nitrogens is 2. The highest BCUT2D eigenvalue weighted by Gasteiger charge is 2.26. The Balaban J connectivity index is 1.16. The lowest BCUT2D eigenvalue weighted by molar-refractivity contribution is -0.125. The van der Waals surface area contributed by atoms with Gasteiger partial charge in [0.15, 0.2) is 5.82 Å². The molecule has 1 amide bonds. The maximum absolute atomic E-state index is 12.7. The van der Waals surface area contributed by atoms with Crippen LogP contribution in [-0.4, -0.2) is 59.5 Å². The van der Waals surface area contributed by atoms with Crippen molar-refractivity contribution in [3.8, 4) is 0 Å². The van der Waals surface area contributed by atoms with Crippen molar-refractivity contribution < 1.29 is 4.79 Å². The second-order valence-electron chi connectivity index (χ2n) is 9.00. The number of benzene rings is 1. The molecule has 0 unspecified atom stereocenters. The summed E-state index contributed by atoms with van der Waals surface area (Å²) in [5.74, 6) is 1.39. The van der Waals surface area contributed by atoms with Crippen molar-refractivity contribution in [3.05, 3.63) is 42.6 Å². The number of rotatable bonds is 6. The van der Waals surface area contributed by atoms with Crippen molar-refractivity contribution >= 4 is 28.3 Å². The van der Waals surface area contributed by atoms with Crippen LogP contribution in [0.25, 0.3) is 16.6 Å². The highest BCUT2D eigenvalue weighted by Crippen LogP contribution is 2.29. The minimum absolute atomic E-state index is 0.120. The maximum Gasteiger partial charge on any atom is 0.223 e. The number of anilines is 1. The number of carbonyl (C=O) groups excluding carboxylic acids is 1. The molecule has 3 aromatic rings. The third-order valence-corrected chi connectivity index (χ3v) is 6.91. The summed E-state index contributed by atoms with van der Waals surface area (Å²) in [7, 11) is 0. The molecule has 0 atom stereocenters. The van der Waals surface area contributed by atoms with Crippen molar-refractivity contribution in [1.29, 1.82) is 0 Å². The van der Waals surface area contributed by atoms with Crippen LogP contribution in [0, 0.1) is 5.92 Å². The lowest BCUT2D eigenvalue weighted by Gasteiger charge is -2.33. The van der Waals surface area contributed by atoms with E-state index < -0.39 is 0 Å². The van der Waals surface area contributed by atoms with Crippen LogP contribution < -0.4 is 10.2 Å². The third kappa shape index (κ3) is 4.40. The molecule has 1 N–H and O–H groups in total. The smallest absolute Gasteiger partial charge is 0.223 e. The third-order valence-electron chi connectivity index (χ3n) is 6.91. The zero-order valence-corrected chi connectivity index (χ0v) is 18.3. The summed E-state index contributed by atoms with van der Waals surface area (Å²) >= 11 is 0. The summed E-state index contributed by atoms with van der Waals surface area (Å²) in [5.41, 5.74) is 3.28. The molecule has 0 bridgehead atoms. The van der Waals surface area contributed by atoms with Gasteiger partial charge in [-0.2, -0.15) is 0 Å². The molecule has 2 aliphatic rings. The van der Waals surface area contributed by atoms with Gasteiger partial charge in [-0.1, -0.05) is 18.6 Å². The highest BCUT2D eigenvalue weighted by molar-refractivity contribution is 5.85. The van der Waals surface area contributed by atoms with Crippen LogP contribution in [0.1, 0.15) is 38.5 Å². The van der Waals surface area contributed by atoms with E-state index in [1.165, 1.54) is 32.4 Å². The van der Waals surface area contributed by atoms with Crippen LogP contribution in [0.2, 0.25) is 0 Å². The molecule has 6 nitrogen and oxygen atoms in total. The van der Waals surface area contributed by atoms with Crippen LogP contribution >= 0.6 is 0 Å².